The molecule has 0 amide bonds. The average Bonchev–Trinajstić information content (AvgIpc) is 2.15. The van der Waals surface area contributed by atoms with E-state index in [2.05, 4.69) is 0 Å². The van der Waals surface area contributed by atoms with Gasteiger partial charge in [-0.2, -0.15) is 0 Å². The summed E-state index contributed by atoms with van der Waals surface area (Å²) < 4.78 is 11.7. The molecule has 88 valence electrons. The molecule has 1 N–H and O–H groups in total. The maximum absolute atomic E-state index is 11.7. The maximum atomic E-state index is 11.7. The summed E-state index contributed by atoms with van der Waals surface area (Å²) in [7, 11) is -1.16. The van der Waals surface area contributed by atoms with Gasteiger partial charge in [-0.1, -0.05) is 19.9 Å². The summed E-state index contributed by atoms with van der Waals surface area (Å²) in [5, 5.41) is 9.00. The summed E-state index contributed by atoms with van der Waals surface area (Å²) in [4.78, 5) is 11.6. The number of rotatable bonds is 3. The van der Waals surface area contributed by atoms with Crippen LogP contribution in [0.1, 0.15) is 41.3 Å². The van der Waals surface area contributed by atoms with E-state index in [9.17, 15) is 9.00 Å². The second-order valence-corrected chi connectivity index (χ2v) is 5.39. The van der Waals surface area contributed by atoms with Crippen molar-refractivity contribution in [1.29, 1.82) is 0 Å². The number of carbonyl (C=O) groups is 1. The first kappa shape index (κ1) is 12.9. The molecule has 0 heterocycles. The van der Waals surface area contributed by atoms with Gasteiger partial charge in [0.15, 0.2) is 0 Å². The van der Waals surface area contributed by atoms with Crippen molar-refractivity contribution >= 4 is 16.8 Å². The van der Waals surface area contributed by atoms with Crippen LogP contribution in [-0.4, -0.2) is 21.5 Å². The highest BCUT2D eigenvalue weighted by Crippen LogP contribution is 2.27. The SMILES string of the molecule is Cc1c(C(=O)O)ccc(C(C)C)c1[S@](C)=O. The predicted octanol–water partition coefficient (Wildman–Crippen LogP) is 2.55. The van der Waals surface area contributed by atoms with E-state index in [-0.39, 0.29) is 11.5 Å². The summed E-state index contributed by atoms with van der Waals surface area (Å²) >= 11 is 0. The van der Waals surface area contributed by atoms with Crippen molar-refractivity contribution in [3.05, 3.63) is 28.8 Å². The quantitative estimate of drug-likeness (QED) is 0.883. The lowest BCUT2D eigenvalue weighted by Gasteiger charge is -2.15. The second-order valence-electron chi connectivity index (χ2n) is 4.07. The second kappa shape index (κ2) is 4.78. The van der Waals surface area contributed by atoms with Crippen molar-refractivity contribution in [2.75, 3.05) is 6.26 Å². The lowest BCUT2D eigenvalue weighted by atomic mass is 9.98. The van der Waals surface area contributed by atoms with Gasteiger partial charge >= 0.3 is 5.97 Å². The molecule has 0 aliphatic heterocycles. The molecule has 4 heteroatoms. The van der Waals surface area contributed by atoms with Crippen molar-refractivity contribution in [3.63, 3.8) is 0 Å². The van der Waals surface area contributed by atoms with Gasteiger partial charge in [0, 0.05) is 11.2 Å². The van der Waals surface area contributed by atoms with E-state index in [1.807, 2.05) is 13.8 Å². The van der Waals surface area contributed by atoms with Gasteiger partial charge in [0.05, 0.1) is 16.4 Å². The molecule has 0 spiro atoms. The van der Waals surface area contributed by atoms with E-state index >= 15 is 0 Å². The largest absolute Gasteiger partial charge is 0.478 e. The van der Waals surface area contributed by atoms with Crippen LogP contribution in [0.3, 0.4) is 0 Å². The van der Waals surface area contributed by atoms with Crippen LogP contribution in [0.15, 0.2) is 17.0 Å². The van der Waals surface area contributed by atoms with Gasteiger partial charge < -0.3 is 5.11 Å². The molecule has 0 aliphatic rings. The van der Waals surface area contributed by atoms with Gasteiger partial charge in [0.25, 0.3) is 0 Å². The molecule has 3 nitrogen and oxygen atoms in total. The molecule has 1 aromatic carbocycles. The van der Waals surface area contributed by atoms with Crippen molar-refractivity contribution in [2.45, 2.75) is 31.6 Å². The molecule has 1 atom stereocenters. The zero-order valence-electron chi connectivity index (χ0n) is 9.90. The minimum atomic E-state index is -1.16. The van der Waals surface area contributed by atoms with Crippen molar-refractivity contribution in [3.8, 4) is 0 Å². The lowest BCUT2D eigenvalue weighted by molar-refractivity contribution is 0.0695. The summed E-state index contributed by atoms with van der Waals surface area (Å²) in [5.74, 6) is -0.736. The highest BCUT2D eigenvalue weighted by atomic mass is 32.2. The third-order valence-corrected chi connectivity index (χ3v) is 3.69. The first-order chi connectivity index (χ1) is 7.36. The van der Waals surface area contributed by atoms with Crippen LogP contribution in [0.25, 0.3) is 0 Å². The normalized spacial score (nSPS) is 12.8. The van der Waals surface area contributed by atoms with E-state index in [1.54, 1.807) is 25.3 Å². The molecule has 0 saturated carbocycles. The fourth-order valence-corrected chi connectivity index (χ4v) is 2.96. The fraction of sp³-hybridized carbons (Fsp3) is 0.417. The summed E-state index contributed by atoms with van der Waals surface area (Å²) in [5.41, 5.74) is 1.80. The Morgan fingerprint density at radius 3 is 2.31 bits per heavy atom. The zero-order valence-corrected chi connectivity index (χ0v) is 10.7. The number of carboxylic acids is 1. The molecule has 16 heavy (non-hydrogen) atoms. The molecule has 0 fully saturated rings. The van der Waals surface area contributed by atoms with E-state index in [4.69, 9.17) is 5.11 Å². The first-order valence-electron chi connectivity index (χ1n) is 5.06. The lowest BCUT2D eigenvalue weighted by Crippen LogP contribution is -2.07. The molecule has 0 bridgehead atoms. The van der Waals surface area contributed by atoms with Crippen LogP contribution in [0, 0.1) is 6.92 Å². The van der Waals surface area contributed by atoms with E-state index in [1.165, 1.54) is 0 Å². The first-order valence-corrected chi connectivity index (χ1v) is 6.62. The van der Waals surface area contributed by atoms with Crippen LogP contribution >= 0.6 is 0 Å². The highest BCUT2D eigenvalue weighted by Gasteiger charge is 2.18. The van der Waals surface area contributed by atoms with E-state index in [0.29, 0.717) is 10.5 Å². The topological polar surface area (TPSA) is 54.4 Å². The predicted molar refractivity (Wildman–Crippen MR) is 64.6 cm³/mol. The number of aromatic carboxylic acids is 1. The molecular formula is C12H16O3S. The van der Waals surface area contributed by atoms with Gasteiger partial charge in [-0.3, -0.25) is 4.21 Å². The fourth-order valence-electron chi connectivity index (χ4n) is 1.78. The Morgan fingerprint density at radius 1 is 1.38 bits per heavy atom. The smallest absolute Gasteiger partial charge is 0.335 e. The number of hydrogen-bond donors (Lipinski definition) is 1. The average molecular weight is 240 g/mol. The number of hydrogen-bond acceptors (Lipinski definition) is 2. The highest BCUT2D eigenvalue weighted by molar-refractivity contribution is 7.84. The van der Waals surface area contributed by atoms with Crippen molar-refractivity contribution in [2.24, 2.45) is 0 Å². The Kier molecular flexibility index (Phi) is 3.86. The molecule has 0 radical (unpaired) electrons. The van der Waals surface area contributed by atoms with Crippen molar-refractivity contribution in [1.82, 2.24) is 0 Å². The Labute approximate surface area is 98.0 Å². The van der Waals surface area contributed by atoms with Gasteiger partial charge in [0.2, 0.25) is 0 Å². The Hall–Kier alpha value is -1.16. The molecule has 0 aromatic heterocycles. The van der Waals surface area contributed by atoms with Gasteiger partial charge in [0.1, 0.15) is 0 Å². The minimum Gasteiger partial charge on any atom is -0.478 e. The Bertz CT molecular complexity index is 450. The Balaban J connectivity index is 3.54. The third-order valence-electron chi connectivity index (χ3n) is 2.58. The standard InChI is InChI=1S/C12H16O3S/c1-7(2)9-5-6-10(12(13)14)8(3)11(9)16(4)15/h5-7H,1-4H3,(H,13,14)/t16-/m0/s1. The minimum absolute atomic E-state index is 0.231. The van der Waals surface area contributed by atoms with Crippen molar-refractivity contribution < 1.29 is 14.1 Å². The Morgan fingerprint density at radius 2 is 1.94 bits per heavy atom. The van der Waals surface area contributed by atoms with Crippen LogP contribution in [0.2, 0.25) is 0 Å². The summed E-state index contributed by atoms with van der Waals surface area (Å²) in [6.45, 7) is 5.73. The molecule has 1 aromatic rings. The third kappa shape index (κ3) is 2.32. The molecular weight excluding hydrogens is 224 g/mol. The van der Waals surface area contributed by atoms with Crippen LogP contribution < -0.4 is 0 Å². The van der Waals surface area contributed by atoms with Crippen LogP contribution in [0.4, 0.5) is 0 Å². The van der Waals surface area contributed by atoms with E-state index < -0.39 is 16.8 Å². The monoisotopic (exact) mass is 240 g/mol. The molecule has 0 unspecified atom stereocenters. The summed E-state index contributed by atoms with van der Waals surface area (Å²) in [6, 6.07) is 3.35. The van der Waals surface area contributed by atoms with Gasteiger partial charge in [-0.05, 0) is 30.0 Å². The van der Waals surface area contributed by atoms with Crippen LogP contribution in [-0.2, 0) is 10.8 Å². The number of carboxylic acid groups (broad SMARTS) is 1. The molecule has 0 saturated heterocycles. The van der Waals surface area contributed by atoms with Gasteiger partial charge in [-0.25, -0.2) is 4.79 Å². The molecule has 0 aliphatic carbocycles. The summed E-state index contributed by atoms with van der Waals surface area (Å²) in [6.07, 6.45) is 1.58. The van der Waals surface area contributed by atoms with Gasteiger partial charge in [-0.15, -0.1) is 0 Å². The maximum Gasteiger partial charge on any atom is 0.335 e. The van der Waals surface area contributed by atoms with E-state index in [0.717, 1.165) is 5.56 Å². The molecule has 1 rings (SSSR count). The zero-order chi connectivity index (χ0) is 12.5. The van der Waals surface area contributed by atoms with Crippen LogP contribution in [0.5, 0.6) is 0 Å². The number of benzene rings is 1.